The fourth-order valence-electron chi connectivity index (χ4n) is 3.36. The molecular weight excluding hydrogens is 468 g/mol. The molecule has 0 bridgehead atoms. The van der Waals surface area contributed by atoms with Crippen LogP contribution in [0.25, 0.3) is 5.70 Å². The molecule has 2 aliphatic heterocycles. The van der Waals surface area contributed by atoms with Crippen molar-refractivity contribution < 1.29 is 15.0 Å². The summed E-state index contributed by atoms with van der Waals surface area (Å²) in [5.74, 6) is 0.158. The van der Waals surface area contributed by atoms with Gasteiger partial charge in [0.05, 0.1) is 5.36 Å². The Balaban J connectivity index is 1.81. The van der Waals surface area contributed by atoms with Gasteiger partial charge in [-0.2, -0.15) is 0 Å². The number of benzene rings is 2. The second kappa shape index (κ2) is 8.69. The number of thioether (sulfide) groups is 1. The Bertz CT molecular complexity index is 1150. The van der Waals surface area contributed by atoms with Gasteiger partial charge < -0.3 is 10.2 Å². The number of aromatic hydroxyl groups is 2. The molecule has 2 aromatic carbocycles. The van der Waals surface area contributed by atoms with Crippen LogP contribution < -0.4 is 15.9 Å². The third-order valence-electron chi connectivity index (χ3n) is 4.85. The van der Waals surface area contributed by atoms with Crippen molar-refractivity contribution in [3.8, 4) is 11.5 Å². The van der Waals surface area contributed by atoms with Gasteiger partial charge in [-0.3, -0.25) is 15.1 Å². The van der Waals surface area contributed by atoms with E-state index in [0.29, 0.717) is 27.0 Å². The number of halogens is 1. The lowest BCUT2D eigenvalue weighted by molar-refractivity contribution is -0.116. The van der Waals surface area contributed by atoms with Crippen LogP contribution in [0.5, 0.6) is 11.5 Å². The number of nitrogens with zero attached hydrogens (tertiary/aromatic N) is 3. The maximum absolute atomic E-state index is 13.1. The minimum atomic E-state index is -0.641. The van der Waals surface area contributed by atoms with Crippen LogP contribution in [-0.4, -0.2) is 32.0 Å². The number of phenolic OH excluding ortho intramolecular Hbond substituents is 2. The number of nitrogens with one attached hydrogen (secondary N) is 1. The smallest absolute Gasteiger partial charge is 0.276 e. The zero-order valence-corrected chi connectivity index (χ0v) is 18.7. The van der Waals surface area contributed by atoms with Gasteiger partial charge in [-0.05, 0) is 36.8 Å². The summed E-state index contributed by atoms with van der Waals surface area (Å²) in [6.07, 6.45) is 2.65. The Morgan fingerprint density at radius 2 is 2.00 bits per heavy atom. The van der Waals surface area contributed by atoms with E-state index in [0.717, 1.165) is 29.5 Å². The number of hydrazone groups is 1. The fraction of sp³-hybridized carbons (Fsp3) is 0.286. The number of fused-ring (bicyclic) bond motifs is 2. The van der Waals surface area contributed by atoms with Crippen LogP contribution in [0.15, 0.2) is 51.0 Å². The van der Waals surface area contributed by atoms with Crippen LogP contribution in [0.3, 0.4) is 0 Å². The van der Waals surface area contributed by atoms with Crippen molar-refractivity contribution in [3.05, 3.63) is 57.0 Å². The first kappa shape index (κ1) is 20.7. The van der Waals surface area contributed by atoms with E-state index >= 15 is 0 Å². The molecule has 3 N–H and O–H groups in total. The summed E-state index contributed by atoms with van der Waals surface area (Å²) >= 11 is 4.97. The second-order valence-corrected chi connectivity index (χ2v) is 9.02. The molecule has 30 heavy (non-hydrogen) atoms. The maximum Gasteiger partial charge on any atom is 0.276 e. The van der Waals surface area contributed by atoms with E-state index in [1.165, 1.54) is 23.9 Å². The summed E-state index contributed by atoms with van der Waals surface area (Å²) in [5, 5.41) is 30.7. The lowest BCUT2D eigenvalue weighted by atomic mass is 10.1. The van der Waals surface area contributed by atoms with Gasteiger partial charge in [0.25, 0.3) is 5.91 Å². The third kappa shape index (κ3) is 4.04. The highest BCUT2D eigenvalue weighted by atomic mass is 79.9. The number of amidine groups is 1. The highest BCUT2D eigenvalue weighted by Gasteiger charge is 2.34. The monoisotopic (exact) mass is 488 g/mol. The molecule has 0 aromatic heterocycles. The van der Waals surface area contributed by atoms with Gasteiger partial charge in [-0.15, -0.1) is 5.10 Å². The Labute approximate surface area is 186 Å². The Kier molecular flexibility index (Phi) is 6.01. The molecule has 9 heteroatoms. The lowest BCUT2D eigenvalue weighted by Gasteiger charge is -2.34. The van der Waals surface area contributed by atoms with Crippen molar-refractivity contribution in [1.82, 2.24) is 10.3 Å². The molecule has 0 saturated carbocycles. The molecule has 0 fully saturated rings. The van der Waals surface area contributed by atoms with Crippen molar-refractivity contribution in [2.75, 3.05) is 5.75 Å². The molecule has 156 valence electrons. The number of rotatable bonds is 5. The molecule has 4 rings (SSSR count). The van der Waals surface area contributed by atoms with Gasteiger partial charge in [0.1, 0.15) is 5.70 Å². The van der Waals surface area contributed by atoms with Gasteiger partial charge in [-0.25, -0.2) is 5.01 Å². The van der Waals surface area contributed by atoms with Crippen LogP contribution >= 0.6 is 27.7 Å². The zero-order valence-electron chi connectivity index (χ0n) is 16.3. The van der Waals surface area contributed by atoms with Crippen LogP contribution in [0.2, 0.25) is 0 Å². The average Bonchev–Trinajstić information content (AvgIpc) is 2.72. The minimum absolute atomic E-state index is 0.213. The number of unbranched alkanes of at least 4 members (excludes halogenated alkanes) is 2. The van der Waals surface area contributed by atoms with Crippen LogP contribution in [0.4, 0.5) is 0 Å². The topological polar surface area (TPSA) is 97.5 Å². The molecule has 1 atom stereocenters. The zero-order chi connectivity index (χ0) is 21.3. The van der Waals surface area contributed by atoms with E-state index in [4.69, 9.17) is 4.99 Å². The quantitative estimate of drug-likeness (QED) is 0.444. The minimum Gasteiger partial charge on any atom is -0.504 e. The summed E-state index contributed by atoms with van der Waals surface area (Å²) in [6.45, 7) is 2.15. The summed E-state index contributed by atoms with van der Waals surface area (Å²) in [6, 6.07) is 10.1. The number of carbonyl (C=O) groups is 1. The Morgan fingerprint density at radius 3 is 2.77 bits per heavy atom. The number of amides is 1. The second-order valence-electron chi connectivity index (χ2n) is 7.02. The summed E-state index contributed by atoms with van der Waals surface area (Å²) in [7, 11) is 0. The standard InChI is InChI=1S/C21H21BrN4O3S/c1-2-3-4-9-30-21-24-20(29)18-14-11-13(22)6-7-15(14)23-19(26(18)25-21)12-5-8-16(27)17(28)10-12/h5-8,10-11,19,27-28H,2-4,9H2,1H3,(H,24,25,29). The SMILES string of the molecule is CCCCCSC1=NN2C(=c3cc(Br)ccc3=NC2c2ccc(O)c(O)c2)C(=O)N1. The molecule has 7 nitrogen and oxygen atoms in total. The van der Waals surface area contributed by atoms with E-state index in [1.54, 1.807) is 11.1 Å². The van der Waals surface area contributed by atoms with E-state index in [1.807, 2.05) is 18.2 Å². The van der Waals surface area contributed by atoms with E-state index < -0.39 is 6.17 Å². The van der Waals surface area contributed by atoms with E-state index in [9.17, 15) is 15.0 Å². The van der Waals surface area contributed by atoms with Crippen LogP contribution in [-0.2, 0) is 4.79 Å². The van der Waals surface area contributed by atoms with Crippen LogP contribution in [0, 0.1) is 0 Å². The molecule has 0 aliphatic carbocycles. The van der Waals surface area contributed by atoms with Gasteiger partial charge in [0.15, 0.2) is 22.8 Å². The molecule has 2 heterocycles. The number of hydrogen-bond donors (Lipinski definition) is 3. The van der Waals surface area contributed by atoms with Gasteiger partial charge >= 0.3 is 0 Å². The van der Waals surface area contributed by atoms with Gasteiger partial charge in [0, 0.05) is 21.0 Å². The molecule has 2 aliphatic rings. The van der Waals surface area contributed by atoms with Crippen molar-refractivity contribution in [3.63, 3.8) is 0 Å². The first-order valence-corrected chi connectivity index (χ1v) is 11.5. The van der Waals surface area contributed by atoms with E-state index in [2.05, 4.69) is 33.3 Å². The predicted octanol–water partition coefficient (Wildman–Crippen LogP) is 2.93. The average molecular weight is 489 g/mol. The largest absolute Gasteiger partial charge is 0.504 e. The predicted molar refractivity (Wildman–Crippen MR) is 120 cm³/mol. The van der Waals surface area contributed by atoms with Crippen molar-refractivity contribution in [2.24, 2.45) is 10.1 Å². The molecule has 1 unspecified atom stereocenters. The molecule has 0 saturated heterocycles. The number of phenols is 2. The molecule has 2 aromatic rings. The Hall–Kier alpha value is -2.52. The van der Waals surface area contributed by atoms with Crippen molar-refractivity contribution in [1.29, 1.82) is 0 Å². The van der Waals surface area contributed by atoms with Crippen molar-refractivity contribution >= 4 is 44.5 Å². The van der Waals surface area contributed by atoms with Crippen molar-refractivity contribution in [2.45, 2.75) is 32.4 Å². The number of carbonyl (C=O) groups excluding carboxylic acids is 1. The summed E-state index contributed by atoms with van der Waals surface area (Å²) < 4.78 is 0.834. The Morgan fingerprint density at radius 1 is 1.17 bits per heavy atom. The first-order valence-electron chi connectivity index (χ1n) is 9.69. The number of hydrogen-bond acceptors (Lipinski definition) is 7. The molecule has 0 spiro atoms. The highest BCUT2D eigenvalue weighted by molar-refractivity contribution is 9.10. The first-order chi connectivity index (χ1) is 14.5. The summed E-state index contributed by atoms with van der Waals surface area (Å²) in [5.41, 5.74) is 1.02. The third-order valence-corrected chi connectivity index (χ3v) is 6.30. The fourth-order valence-corrected chi connectivity index (χ4v) is 4.57. The van der Waals surface area contributed by atoms with Gasteiger partial charge in [0.2, 0.25) is 0 Å². The summed E-state index contributed by atoms with van der Waals surface area (Å²) in [4.78, 5) is 17.9. The van der Waals surface area contributed by atoms with E-state index in [-0.39, 0.29) is 17.4 Å². The molecule has 1 amide bonds. The maximum atomic E-state index is 13.1. The lowest BCUT2D eigenvalue weighted by Crippen LogP contribution is -2.50. The van der Waals surface area contributed by atoms with Gasteiger partial charge in [-0.1, -0.05) is 53.5 Å². The van der Waals surface area contributed by atoms with Crippen LogP contribution in [0.1, 0.15) is 37.9 Å². The molecule has 0 radical (unpaired) electrons. The highest BCUT2D eigenvalue weighted by Crippen LogP contribution is 2.35. The normalized spacial score (nSPS) is 17.6. The molecular formula is C21H21BrN4O3S.